The first kappa shape index (κ1) is 14.1. The summed E-state index contributed by atoms with van der Waals surface area (Å²) in [6, 6.07) is 15.5. The van der Waals surface area contributed by atoms with Gasteiger partial charge in [0.25, 0.3) is 0 Å². The Morgan fingerprint density at radius 1 is 0.900 bits per heavy atom. The normalized spacial score (nSPS) is 10.8. The summed E-state index contributed by atoms with van der Waals surface area (Å²) in [6.07, 6.45) is 0.504. The Bertz CT molecular complexity index is 685. The fourth-order valence-corrected chi connectivity index (χ4v) is 2.98. The van der Waals surface area contributed by atoms with Gasteiger partial charge in [0.2, 0.25) is 16.4 Å². The van der Waals surface area contributed by atoms with E-state index in [0.717, 1.165) is 0 Å². The van der Waals surface area contributed by atoms with Gasteiger partial charge in [-0.2, -0.15) is 0 Å². The van der Waals surface area contributed by atoms with Gasteiger partial charge >= 0.3 is 0 Å². The van der Waals surface area contributed by atoms with Gasteiger partial charge in [-0.05, 0) is 17.7 Å². The lowest BCUT2D eigenvalue weighted by Crippen LogP contribution is -2.16. The maximum atomic E-state index is 12.1. The topological polar surface area (TPSA) is 75.3 Å². The van der Waals surface area contributed by atoms with E-state index in [4.69, 9.17) is 0 Å². The molecule has 104 valence electrons. The molecule has 6 heteroatoms. The fourth-order valence-electron chi connectivity index (χ4n) is 1.76. The second kappa shape index (κ2) is 6.21. The van der Waals surface area contributed by atoms with Gasteiger partial charge in [0, 0.05) is 0 Å². The second-order valence-electron chi connectivity index (χ2n) is 4.15. The Morgan fingerprint density at radius 2 is 1.50 bits per heavy atom. The summed E-state index contributed by atoms with van der Waals surface area (Å²) in [6.45, 7) is 0. The van der Waals surface area contributed by atoms with Gasteiger partial charge in [-0.15, -0.1) is 0 Å². The molecule has 0 fully saturated rings. The summed E-state index contributed by atoms with van der Waals surface area (Å²) in [5.74, 6) is -0.122. The van der Waals surface area contributed by atoms with Crippen molar-refractivity contribution in [2.24, 2.45) is 0 Å². The van der Waals surface area contributed by atoms with E-state index >= 15 is 0 Å². The highest BCUT2D eigenvalue weighted by atomic mass is 32.2. The first-order chi connectivity index (χ1) is 9.61. The number of hydrogen-bond acceptors (Lipinski definition) is 3. The van der Waals surface area contributed by atoms with Gasteiger partial charge in [-0.1, -0.05) is 42.5 Å². The summed E-state index contributed by atoms with van der Waals surface area (Å²) < 4.78 is 26.7. The van der Waals surface area contributed by atoms with E-state index < -0.39 is 10.0 Å². The highest BCUT2D eigenvalue weighted by Crippen LogP contribution is 2.22. The number of carbonyl (C=O) groups excluding carboxylic acids is 1. The van der Waals surface area contributed by atoms with Crippen LogP contribution in [0.5, 0.6) is 0 Å². The molecule has 0 saturated carbocycles. The van der Waals surface area contributed by atoms with Crippen molar-refractivity contribution in [1.82, 2.24) is 0 Å². The first-order valence-electron chi connectivity index (χ1n) is 5.94. The van der Waals surface area contributed by atoms with Crippen LogP contribution in [-0.2, 0) is 20.6 Å². The number of anilines is 2. The molecule has 0 bridgehead atoms. The summed E-state index contributed by atoms with van der Waals surface area (Å²) in [5, 5.41) is 2.46. The van der Waals surface area contributed by atoms with E-state index in [1.54, 1.807) is 48.5 Å². The summed E-state index contributed by atoms with van der Waals surface area (Å²) in [5.41, 5.74) is 1.45. The smallest absolute Gasteiger partial charge is 0.236 e. The van der Waals surface area contributed by atoms with Crippen LogP contribution in [0, 0.1) is 0 Å². The molecule has 0 radical (unpaired) electrons. The molecule has 2 N–H and O–H groups in total. The first-order valence-corrected chi connectivity index (χ1v) is 7.59. The van der Waals surface area contributed by atoms with E-state index in [-0.39, 0.29) is 5.75 Å². The molecule has 20 heavy (non-hydrogen) atoms. The molecular weight excluding hydrogens is 276 g/mol. The zero-order valence-electron chi connectivity index (χ0n) is 10.6. The van der Waals surface area contributed by atoms with E-state index in [1.165, 1.54) is 0 Å². The number of nitrogens with one attached hydrogen (secondary N) is 2. The predicted octanol–water partition coefficient (Wildman–Crippen LogP) is 2.20. The molecule has 0 aliphatic carbocycles. The van der Waals surface area contributed by atoms with Gasteiger partial charge in [-0.3, -0.25) is 9.52 Å². The summed E-state index contributed by atoms with van der Waals surface area (Å²) in [4.78, 5) is 10.5. The molecule has 0 atom stereocenters. The van der Waals surface area contributed by atoms with Crippen molar-refractivity contribution in [3.8, 4) is 0 Å². The van der Waals surface area contributed by atoms with Crippen LogP contribution in [0.4, 0.5) is 11.4 Å². The lowest BCUT2D eigenvalue weighted by molar-refractivity contribution is -0.105. The number of sulfonamides is 1. The zero-order chi connectivity index (χ0) is 14.4. The SMILES string of the molecule is O=CNc1ccccc1NS(=O)(=O)Cc1ccccc1. The molecule has 2 rings (SSSR count). The van der Waals surface area contributed by atoms with Crippen LogP contribution in [0.3, 0.4) is 0 Å². The van der Waals surface area contributed by atoms with Crippen LogP contribution >= 0.6 is 0 Å². The van der Waals surface area contributed by atoms with E-state index in [2.05, 4.69) is 10.0 Å². The second-order valence-corrected chi connectivity index (χ2v) is 5.88. The van der Waals surface area contributed by atoms with Crippen LogP contribution in [-0.4, -0.2) is 14.8 Å². The monoisotopic (exact) mass is 290 g/mol. The molecule has 0 heterocycles. The standard InChI is InChI=1S/C14H14N2O3S/c17-11-15-13-8-4-5-9-14(13)16-20(18,19)10-12-6-2-1-3-7-12/h1-9,11,16H,10H2,(H,15,17). The van der Waals surface area contributed by atoms with Crippen LogP contribution in [0.1, 0.15) is 5.56 Å². The molecule has 0 unspecified atom stereocenters. The van der Waals surface area contributed by atoms with Gasteiger partial charge in [0.05, 0.1) is 17.1 Å². The molecular formula is C14H14N2O3S. The molecule has 0 aliphatic rings. The van der Waals surface area contributed by atoms with E-state index in [1.807, 2.05) is 6.07 Å². The zero-order valence-corrected chi connectivity index (χ0v) is 11.4. The third-order valence-electron chi connectivity index (χ3n) is 2.61. The highest BCUT2D eigenvalue weighted by Gasteiger charge is 2.13. The lowest BCUT2D eigenvalue weighted by Gasteiger charge is -2.11. The molecule has 0 aliphatic heterocycles. The van der Waals surface area contributed by atoms with Crippen LogP contribution in [0.2, 0.25) is 0 Å². The van der Waals surface area contributed by atoms with Crippen molar-refractivity contribution in [3.63, 3.8) is 0 Å². The Kier molecular flexibility index (Phi) is 4.37. The average molecular weight is 290 g/mol. The van der Waals surface area contributed by atoms with Crippen molar-refractivity contribution in [2.75, 3.05) is 10.0 Å². The molecule has 0 spiro atoms. The lowest BCUT2D eigenvalue weighted by atomic mass is 10.2. The molecule has 2 aromatic carbocycles. The third-order valence-corrected chi connectivity index (χ3v) is 3.85. The Balaban J connectivity index is 2.18. The third kappa shape index (κ3) is 3.83. The fraction of sp³-hybridized carbons (Fsp3) is 0.0714. The van der Waals surface area contributed by atoms with Crippen molar-refractivity contribution in [2.45, 2.75) is 5.75 Å². The number of benzene rings is 2. The highest BCUT2D eigenvalue weighted by molar-refractivity contribution is 7.91. The van der Waals surface area contributed by atoms with Crippen molar-refractivity contribution in [1.29, 1.82) is 0 Å². The molecule has 0 aromatic heterocycles. The molecule has 2 aromatic rings. The van der Waals surface area contributed by atoms with Crippen molar-refractivity contribution in [3.05, 3.63) is 60.2 Å². The average Bonchev–Trinajstić information content (AvgIpc) is 2.41. The maximum Gasteiger partial charge on any atom is 0.236 e. The van der Waals surface area contributed by atoms with Crippen LogP contribution in [0.15, 0.2) is 54.6 Å². The minimum atomic E-state index is -3.53. The molecule has 1 amide bonds. The van der Waals surface area contributed by atoms with Gasteiger partial charge in [0.15, 0.2) is 0 Å². The van der Waals surface area contributed by atoms with Crippen LogP contribution in [0.25, 0.3) is 0 Å². The number of rotatable bonds is 6. The van der Waals surface area contributed by atoms with Crippen molar-refractivity contribution < 1.29 is 13.2 Å². The quantitative estimate of drug-likeness (QED) is 0.801. The number of amides is 1. The largest absolute Gasteiger partial charge is 0.327 e. The number of para-hydroxylation sites is 2. The Morgan fingerprint density at radius 3 is 2.15 bits per heavy atom. The van der Waals surface area contributed by atoms with Gasteiger partial charge in [0.1, 0.15) is 0 Å². The number of hydrogen-bond donors (Lipinski definition) is 2. The maximum absolute atomic E-state index is 12.1. The van der Waals surface area contributed by atoms with Gasteiger partial charge in [-0.25, -0.2) is 8.42 Å². The summed E-state index contributed by atoms with van der Waals surface area (Å²) in [7, 11) is -3.53. The Hall–Kier alpha value is -2.34. The Labute approximate surface area is 117 Å². The molecule has 5 nitrogen and oxygen atoms in total. The molecule has 0 saturated heterocycles. The van der Waals surface area contributed by atoms with E-state index in [9.17, 15) is 13.2 Å². The van der Waals surface area contributed by atoms with Crippen LogP contribution < -0.4 is 10.0 Å². The summed E-state index contributed by atoms with van der Waals surface area (Å²) >= 11 is 0. The van der Waals surface area contributed by atoms with Crippen molar-refractivity contribution >= 4 is 27.8 Å². The van der Waals surface area contributed by atoms with E-state index in [0.29, 0.717) is 23.3 Å². The van der Waals surface area contributed by atoms with Gasteiger partial charge < -0.3 is 5.32 Å². The minimum Gasteiger partial charge on any atom is -0.327 e. The minimum absolute atomic E-state index is 0.122. The number of carbonyl (C=O) groups is 1. The predicted molar refractivity (Wildman–Crippen MR) is 78.8 cm³/mol.